The average Bonchev–Trinajstić information content (AvgIpc) is 2.41. The van der Waals surface area contributed by atoms with E-state index in [1.54, 1.807) is 7.11 Å². The van der Waals surface area contributed by atoms with E-state index in [4.69, 9.17) is 9.47 Å². The molecule has 1 unspecified atom stereocenters. The molecule has 18 heavy (non-hydrogen) atoms. The van der Waals surface area contributed by atoms with Crippen molar-refractivity contribution in [3.8, 4) is 11.5 Å². The van der Waals surface area contributed by atoms with Crippen LogP contribution in [0, 0.1) is 0 Å². The second kappa shape index (κ2) is 6.64. The first kappa shape index (κ1) is 13.2. The van der Waals surface area contributed by atoms with Crippen LogP contribution < -0.4 is 14.8 Å². The molecule has 1 heterocycles. The zero-order valence-electron chi connectivity index (χ0n) is 11.4. The molecule has 0 spiro atoms. The van der Waals surface area contributed by atoms with Gasteiger partial charge in [-0.2, -0.15) is 0 Å². The van der Waals surface area contributed by atoms with E-state index in [1.165, 1.54) is 24.8 Å². The van der Waals surface area contributed by atoms with E-state index < -0.39 is 0 Å². The second-order valence-electron chi connectivity index (χ2n) is 4.77. The Hall–Kier alpha value is -1.22. The van der Waals surface area contributed by atoms with Gasteiger partial charge in [0.05, 0.1) is 13.7 Å². The van der Waals surface area contributed by atoms with Crippen LogP contribution in [0.1, 0.15) is 31.7 Å². The van der Waals surface area contributed by atoms with E-state index in [1.807, 2.05) is 13.0 Å². The first-order chi connectivity index (χ1) is 8.83. The fraction of sp³-hybridized carbons (Fsp3) is 0.600. The third-order valence-electron chi connectivity index (χ3n) is 3.42. The molecule has 3 nitrogen and oxygen atoms in total. The molecule has 1 aliphatic rings. The lowest BCUT2D eigenvalue weighted by atomic mass is 9.97. The van der Waals surface area contributed by atoms with Crippen molar-refractivity contribution in [2.45, 2.75) is 38.6 Å². The van der Waals surface area contributed by atoms with Gasteiger partial charge < -0.3 is 14.8 Å². The lowest BCUT2D eigenvalue weighted by Gasteiger charge is -2.23. The summed E-state index contributed by atoms with van der Waals surface area (Å²) in [6, 6.07) is 6.86. The molecule has 0 saturated carbocycles. The third kappa shape index (κ3) is 3.39. The van der Waals surface area contributed by atoms with Crippen LogP contribution in [-0.4, -0.2) is 26.3 Å². The number of rotatable bonds is 5. The fourth-order valence-corrected chi connectivity index (χ4v) is 2.50. The highest BCUT2D eigenvalue weighted by atomic mass is 16.5. The van der Waals surface area contributed by atoms with Gasteiger partial charge in [-0.15, -0.1) is 0 Å². The number of benzene rings is 1. The average molecular weight is 249 g/mol. The standard InChI is InChI=1S/C15H23NO2/c1-3-18-15-11-12(7-8-14(15)17-2)10-13-6-4-5-9-16-13/h7-8,11,13,16H,3-6,9-10H2,1-2H3. The summed E-state index contributed by atoms with van der Waals surface area (Å²) in [6.07, 6.45) is 5.00. The summed E-state index contributed by atoms with van der Waals surface area (Å²) in [5.41, 5.74) is 1.32. The van der Waals surface area contributed by atoms with E-state index in [0.29, 0.717) is 12.6 Å². The Morgan fingerprint density at radius 1 is 1.28 bits per heavy atom. The van der Waals surface area contributed by atoms with Crippen molar-refractivity contribution in [3.05, 3.63) is 23.8 Å². The largest absolute Gasteiger partial charge is 0.493 e. The van der Waals surface area contributed by atoms with Crippen molar-refractivity contribution < 1.29 is 9.47 Å². The lowest BCUT2D eigenvalue weighted by molar-refractivity contribution is 0.310. The van der Waals surface area contributed by atoms with Crippen LogP contribution in [0.2, 0.25) is 0 Å². The molecule has 0 aliphatic carbocycles. The number of methoxy groups -OCH3 is 1. The molecule has 1 saturated heterocycles. The maximum Gasteiger partial charge on any atom is 0.161 e. The van der Waals surface area contributed by atoms with Crippen LogP contribution in [0.5, 0.6) is 11.5 Å². The zero-order chi connectivity index (χ0) is 12.8. The minimum Gasteiger partial charge on any atom is -0.493 e. The van der Waals surface area contributed by atoms with Crippen molar-refractivity contribution in [2.75, 3.05) is 20.3 Å². The third-order valence-corrected chi connectivity index (χ3v) is 3.42. The maximum atomic E-state index is 5.61. The quantitative estimate of drug-likeness (QED) is 0.870. The Morgan fingerprint density at radius 3 is 2.83 bits per heavy atom. The van der Waals surface area contributed by atoms with Crippen molar-refractivity contribution in [2.24, 2.45) is 0 Å². The topological polar surface area (TPSA) is 30.5 Å². The van der Waals surface area contributed by atoms with E-state index >= 15 is 0 Å². The van der Waals surface area contributed by atoms with Crippen molar-refractivity contribution in [1.82, 2.24) is 5.32 Å². The minimum atomic E-state index is 0.613. The number of hydrogen-bond acceptors (Lipinski definition) is 3. The van der Waals surface area contributed by atoms with Crippen molar-refractivity contribution in [1.29, 1.82) is 0 Å². The summed E-state index contributed by atoms with van der Waals surface area (Å²) in [7, 11) is 1.68. The zero-order valence-corrected chi connectivity index (χ0v) is 11.4. The monoisotopic (exact) mass is 249 g/mol. The summed E-state index contributed by atoms with van der Waals surface area (Å²) in [5, 5.41) is 3.58. The van der Waals surface area contributed by atoms with E-state index in [0.717, 1.165) is 24.5 Å². The number of nitrogens with one attached hydrogen (secondary N) is 1. The fourth-order valence-electron chi connectivity index (χ4n) is 2.50. The Labute approximate surface area is 109 Å². The number of ether oxygens (including phenoxy) is 2. The van der Waals surface area contributed by atoms with Gasteiger partial charge in [-0.05, 0) is 50.4 Å². The molecule has 1 atom stereocenters. The Kier molecular flexibility index (Phi) is 4.88. The second-order valence-corrected chi connectivity index (χ2v) is 4.77. The van der Waals surface area contributed by atoms with Gasteiger partial charge in [-0.3, -0.25) is 0 Å². The molecule has 1 aliphatic heterocycles. The molecule has 1 fully saturated rings. The molecular weight excluding hydrogens is 226 g/mol. The minimum absolute atomic E-state index is 0.613. The molecular formula is C15H23NO2. The van der Waals surface area contributed by atoms with Crippen LogP contribution in [-0.2, 0) is 6.42 Å². The molecule has 0 amide bonds. The molecule has 3 heteroatoms. The van der Waals surface area contributed by atoms with Crippen molar-refractivity contribution >= 4 is 0 Å². The van der Waals surface area contributed by atoms with Gasteiger partial charge in [0.1, 0.15) is 0 Å². The normalized spacial score (nSPS) is 19.6. The predicted octanol–water partition coefficient (Wildman–Crippen LogP) is 2.78. The summed E-state index contributed by atoms with van der Waals surface area (Å²) in [4.78, 5) is 0. The van der Waals surface area contributed by atoms with Crippen LogP contribution >= 0.6 is 0 Å². The van der Waals surface area contributed by atoms with E-state index in [9.17, 15) is 0 Å². The van der Waals surface area contributed by atoms with Crippen LogP contribution in [0.4, 0.5) is 0 Å². The summed E-state index contributed by atoms with van der Waals surface area (Å²) in [6.45, 7) is 3.81. The SMILES string of the molecule is CCOc1cc(CC2CCCCN2)ccc1OC. The highest BCUT2D eigenvalue weighted by molar-refractivity contribution is 5.43. The van der Waals surface area contributed by atoms with Gasteiger partial charge in [0.2, 0.25) is 0 Å². The molecule has 100 valence electrons. The Bertz CT molecular complexity index is 373. The smallest absolute Gasteiger partial charge is 0.161 e. The van der Waals surface area contributed by atoms with E-state index in [2.05, 4.69) is 17.4 Å². The number of piperidine rings is 1. The van der Waals surface area contributed by atoms with Gasteiger partial charge in [0.25, 0.3) is 0 Å². The molecule has 0 aromatic heterocycles. The molecule has 0 radical (unpaired) electrons. The van der Waals surface area contributed by atoms with E-state index in [-0.39, 0.29) is 0 Å². The van der Waals surface area contributed by atoms with Gasteiger partial charge in [-0.1, -0.05) is 12.5 Å². The summed E-state index contributed by atoms with van der Waals surface area (Å²) < 4.78 is 10.9. The summed E-state index contributed by atoms with van der Waals surface area (Å²) in [5.74, 6) is 1.67. The Morgan fingerprint density at radius 2 is 2.17 bits per heavy atom. The predicted molar refractivity (Wildman–Crippen MR) is 73.5 cm³/mol. The molecule has 1 aromatic rings. The van der Waals surface area contributed by atoms with Gasteiger partial charge in [-0.25, -0.2) is 0 Å². The molecule has 2 rings (SSSR count). The lowest BCUT2D eigenvalue weighted by Crippen LogP contribution is -2.35. The van der Waals surface area contributed by atoms with Gasteiger partial charge in [0.15, 0.2) is 11.5 Å². The number of hydrogen-bond donors (Lipinski definition) is 1. The van der Waals surface area contributed by atoms with Crippen molar-refractivity contribution in [3.63, 3.8) is 0 Å². The van der Waals surface area contributed by atoms with Gasteiger partial charge in [0, 0.05) is 6.04 Å². The van der Waals surface area contributed by atoms with Gasteiger partial charge >= 0.3 is 0 Å². The first-order valence-corrected chi connectivity index (χ1v) is 6.86. The van der Waals surface area contributed by atoms with Crippen LogP contribution in [0.25, 0.3) is 0 Å². The maximum absolute atomic E-state index is 5.61. The van der Waals surface area contributed by atoms with Crippen LogP contribution in [0.3, 0.4) is 0 Å². The van der Waals surface area contributed by atoms with Crippen LogP contribution in [0.15, 0.2) is 18.2 Å². The first-order valence-electron chi connectivity index (χ1n) is 6.86. The summed E-state index contributed by atoms with van der Waals surface area (Å²) >= 11 is 0. The molecule has 1 N–H and O–H groups in total. The molecule has 0 bridgehead atoms. The highest BCUT2D eigenvalue weighted by Crippen LogP contribution is 2.29. The Balaban J connectivity index is 2.05. The molecule has 1 aromatic carbocycles. The highest BCUT2D eigenvalue weighted by Gasteiger charge is 2.14.